The van der Waals surface area contributed by atoms with E-state index in [-0.39, 0.29) is 18.0 Å². The molecule has 0 saturated heterocycles. The van der Waals surface area contributed by atoms with Gasteiger partial charge in [-0.15, -0.1) is 0 Å². The number of hydrogen-bond acceptors (Lipinski definition) is 5. The van der Waals surface area contributed by atoms with Crippen LogP contribution in [0, 0.1) is 10.1 Å². The van der Waals surface area contributed by atoms with Crippen LogP contribution in [-0.2, 0) is 6.54 Å². The van der Waals surface area contributed by atoms with Gasteiger partial charge in [-0.2, -0.15) is 0 Å². The Morgan fingerprint density at radius 2 is 2.39 bits per heavy atom. The summed E-state index contributed by atoms with van der Waals surface area (Å²) in [6.45, 7) is 4.48. The van der Waals surface area contributed by atoms with E-state index >= 15 is 0 Å². The maximum atomic E-state index is 10.6. The van der Waals surface area contributed by atoms with Crippen LogP contribution in [0.2, 0.25) is 0 Å². The van der Waals surface area contributed by atoms with Gasteiger partial charge in [0.2, 0.25) is 0 Å². The Morgan fingerprint density at radius 1 is 1.72 bits per heavy atom. The summed E-state index contributed by atoms with van der Waals surface area (Å²) in [6.07, 6.45) is 2.12. The Hall–Kier alpha value is -0.990. The van der Waals surface area contributed by atoms with Crippen LogP contribution in [-0.4, -0.2) is 43.1 Å². The molecule has 0 spiro atoms. The zero-order valence-corrected chi connectivity index (χ0v) is 11.9. The van der Waals surface area contributed by atoms with E-state index in [2.05, 4.69) is 26.2 Å². The van der Waals surface area contributed by atoms with E-state index in [1.807, 2.05) is 13.8 Å². The molecule has 8 heteroatoms. The van der Waals surface area contributed by atoms with Crippen LogP contribution >= 0.6 is 15.9 Å². The monoisotopic (exact) mass is 320 g/mol. The van der Waals surface area contributed by atoms with E-state index in [0.717, 1.165) is 5.33 Å². The van der Waals surface area contributed by atoms with Crippen LogP contribution in [0.5, 0.6) is 0 Å². The first-order chi connectivity index (χ1) is 8.35. The number of aliphatic hydroxyl groups excluding tert-OH is 1. The summed E-state index contributed by atoms with van der Waals surface area (Å²) in [5, 5.41) is 24.4. The van der Waals surface area contributed by atoms with Crippen molar-refractivity contribution in [1.82, 2.24) is 14.9 Å². The van der Waals surface area contributed by atoms with E-state index in [4.69, 9.17) is 0 Å². The lowest BCUT2D eigenvalue weighted by molar-refractivity contribution is -0.397. The molecule has 0 aliphatic heterocycles. The third kappa shape index (κ3) is 4.35. The molecule has 0 aliphatic rings. The molecule has 18 heavy (non-hydrogen) atoms. The van der Waals surface area contributed by atoms with Gasteiger partial charge in [-0.3, -0.25) is 0 Å². The summed E-state index contributed by atoms with van der Waals surface area (Å²) < 4.78 is 1.33. The molecule has 0 aliphatic carbocycles. The highest BCUT2D eigenvalue weighted by atomic mass is 79.9. The number of nitro groups is 1. The Bertz CT molecular complexity index is 408. The first-order valence-corrected chi connectivity index (χ1v) is 6.62. The minimum atomic E-state index is -0.712. The maximum absolute atomic E-state index is 10.6. The van der Waals surface area contributed by atoms with Crippen molar-refractivity contribution in [2.45, 2.75) is 32.0 Å². The Balaban J connectivity index is 2.52. The number of aromatic nitrogens is 2. The highest BCUT2D eigenvalue weighted by Gasteiger charge is 2.20. The molecule has 0 aromatic carbocycles. The standard InChI is InChI=1S/C10H17BrN4O3/c1-10(2,7-11)13-5-8(16)6-14-4-3-12-9(14)15(17)18/h3-4,8,13,16H,5-7H2,1-2H3. The van der Waals surface area contributed by atoms with Gasteiger partial charge in [0.25, 0.3) is 0 Å². The van der Waals surface area contributed by atoms with Crippen molar-refractivity contribution in [2.75, 3.05) is 11.9 Å². The van der Waals surface area contributed by atoms with Gasteiger partial charge in [0.15, 0.2) is 0 Å². The number of nitrogens with zero attached hydrogens (tertiary/aromatic N) is 3. The first-order valence-electron chi connectivity index (χ1n) is 5.50. The molecule has 1 heterocycles. The van der Waals surface area contributed by atoms with Gasteiger partial charge in [0.1, 0.15) is 12.4 Å². The van der Waals surface area contributed by atoms with Crippen LogP contribution < -0.4 is 5.32 Å². The molecule has 2 N–H and O–H groups in total. The molecule has 7 nitrogen and oxygen atoms in total. The van der Waals surface area contributed by atoms with Gasteiger partial charge in [0.05, 0.1) is 12.6 Å². The molecule has 0 bridgehead atoms. The summed E-state index contributed by atoms with van der Waals surface area (Å²) in [5.41, 5.74) is -0.137. The normalized spacial score (nSPS) is 13.6. The molecule has 1 aromatic heterocycles. The number of β-amino-alcohol motifs (C(OH)–C–C–N with tert-alkyl or cyclic N) is 1. The smallest absolute Gasteiger partial charge is 0.390 e. The minimum absolute atomic E-state index is 0.137. The quantitative estimate of drug-likeness (QED) is 0.442. The second kappa shape index (κ2) is 6.26. The lowest BCUT2D eigenvalue weighted by Crippen LogP contribution is -2.45. The van der Waals surface area contributed by atoms with Crippen molar-refractivity contribution >= 4 is 21.9 Å². The molecule has 1 aromatic rings. The number of nitrogens with one attached hydrogen (secondary N) is 1. The van der Waals surface area contributed by atoms with Crippen molar-refractivity contribution in [1.29, 1.82) is 0 Å². The number of aliphatic hydroxyl groups is 1. The van der Waals surface area contributed by atoms with Crippen molar-refractivity contribution < 1.29 is 10.0 Å². The highest BCUT2D eigenvalue weighted by Crippen LogP contribution is 2.09. The molecule has 0 saturated carbocycles. The topological polar surface area (TPSA) is 93.2 Å². The van der Waals surface area contributed by atoms with E-state index < -0.39 is 11.0 Å². The van der Waals surface area contributed by atoms with Crippen molar-refractivity contribution in [3.05, 3.63) is 22.5 Å². The summed E-state index contributed by atoms with van der Waals surface area (Å²) in [7, 11) is 0. The molecule has 1 unspecified atom stereocenters. The van der Waals surface area contributed by atoms with Crippen LogP contribution in [0.15, 0.2) is 12.4 Å². The van der Waals surface area contributed by atoms with E-state index in [1.54, 1.807) is 0 Å². The summed E-state index contributed by atoms with van der Waals surface area (Å²) in [6, 6.07) is 0. The second-order valence-corrected chi connectivity index (χ2v) is 5.25. The van der Waals surface area contributed by atoms with Gasteiger partial charge in [-0.25, -0.2) is 4.57 Å². The van der Waals surface area contributed by atoms with Gasteiger partial charge in [-0.05, 0) is 18.8 Å². The zero-order chi connectivity index (χ0) is 13.8. The molecule has 0 fully saturated rings. The van der Waals surface area contributed by atoms with Crippen LogP contribution in [0.3, 0.4) is 0 Å². The molecule has 102 valence electrons. The summed E-state index contributed by atoms with van der Waals surface area (Å²) in [4.78, 5) is 13.7. The third-order valence-electron chi connectivity index (χ3n) is 2.41. The average Bonchev–Trinajstić information content (AvgIpc) is 2.75. The van der Waals surface area contributed by atoms with Gasteiger partial charge in [0, 0.05) is 17.4 Å². The second-order valence-electron chi connectivity index (χ2n) is 4.69. The van der Waals surface area contributed by atoms with E-state index in [0.29, 0.717) is 6.54 Å². The minimum Gasteiger partial charge on any atom is -0.390 e. The van der Waals surface area contributed by atoms with E-state index in [1.165, 1.54) is 17.0 Å². The third-order valence-corrected chi connectivity index (χ3v) is 3.82. The lowest BCUT2D eigenvalue weighted by atomic mass is 10.1. The summed E-state index contributed by atoms with van der Waals surface area (Å²) >= 11 is 3.36. The summed E-state index contributed by atoms with van der Waals surface area (Å²) in [5.74, 6) is -0.256. The zero-order valence-electron chi connectivity index (χ0n) is 10.3. The highest BCUT2D eigenvalue weighted by molar-refractivity contribution is 9.09. The number of imidazole rings is 1. The Labute approximate surface area is 113 Å². The van der Waals surface area contributed by atoms with E-state index in [9.17, 15) is 15.2 Å². The fourth-order valence-electron chi connectivity index (χ4n) is 1.35. The lowest BCUT2D eigenvalue weighted by Gasteiger charge is -2.25. The molecule has 1 rings (SSSR count). The average molecular weight is 321 g/mol. The largest absolute Gasteiger partial charge is 0.434 e. The molecular weight excluding hydrogens is 304 g/mol. The van der Waals surface area contributed by atoms with Crippen LogP contribution in [0.25, 0.3) is 0 Å². The number of hydrogen-bond donors (Lipinski definition) is 2. The maximum Gasteiger partial charge on any atom is 0.434 e. The Morgan fingerprint density at radius 3 is 2.94 bits per heavy atom. The van der Waals surface area contributed by atoms with Gasteiger partial charge in [-0.1, -0.05) is 20.9 Å². The van der Waals surface area contributed by atoms with Crippen LogP contribution in [0.4, 0.5) is 5.95 Å². The van der Waals surface area contributed by atoms with Crippen molar-refractivity contribution in [2.24, 2.45) is 0 Å². The molecule has 0 amide bonds. The SMILES string of the molecule is CC(C)(CBr)NCC(O)Cn1ccnc1[N+](=O)[O-]. The molecule has 1 atom stereocenters. The molecule has 0 radical (unpaired) electrons. The number of rotatable bonds is 7. The predicted octanol–water partition coefficient (Wildman–Crippen LogP) is 0.915. The molecular formula is C10H17BrN4O3. The Kier molecular flexibility index (Phi) is 5.24. The van der Waals surface area contributed by atoms with Crippen molar-refractivity contribution in [3.8, 4) is 0 Å². The van der Waals surface area contributed by atoms with Crippen LogP contribution in [0.1, 0.15) is 13.8 Å². The van der Waals surface area contributed by atoms with Crippen molar-refractivity contribution in [3.63, 3.8) is 0 Å². The van der Waals surface area contributed by atoms with Gasteiger partial charge < -0.3 is 20.5 Å². The predicted molar refractivity (Wildman–Crippen MR) is 70.8 cm³/mol. The van der Waals surface area contributed by atoms with Gasteiger partial charge >= 0.3 is 5.95 Å². The fourth-order valence-corrected chi connectivity index (χ4v) is 1.55. The first kappa shape index (κ1) is 15.1. The number of alkyl halides is 1. The number of halogens is 1. The fraction of sp³-hybridized carbons (Fsp3) is 0.700.